The topological polar surface area (TPSA) is 59.8 Å². The van der Waals surface area contributed by atoms with Crippen LogP contribution < -0.4 is 5.32 Å². The largest absolute Gasteiger partial charge is 0.344 e. The number of carbonyl (C=O) groups is 1. The molecule has 4 aromatic rings. The van der Waals surface area contributed by atoms with Crippen LogP contribution in [0.15, 0.2) is 103 Å². The predicted octanol–water partition coefficient (Wildman–Crippen LogP) is 5.66. The Kier molecular flexibility index (Phi) is 7.54. The first kappa shape index (κ1) is 23.4. The molecule has 1 N–H and O–H groups in total. The number of hydrogen-bond acceptors (Lipinski definition) is 4. The molecule has 1 atom stereocenters. The Balaban J connectivity index is 1.56. The maximum absolute atomic E-state index is 14.4. The van der Waals surface area contributed by atoms with Crippen LogP contribution in [-0.2, 0) is 11.3 Å². The Labute approximate surface area is 202 Å². The van der Waals surface area contributed by atoms with Crippen LogP contribution in [0, 0.1) is 5.82 Å². The van der Waals surface area contributed by atoms with Gasteiger partial charge >= 0.3 is 0 Å². The Morgan fingerprint density at radius 3 is 2.18 bits per heavy atom. The van der Waals surface area contributed by atoms with Crippen LogP contribution in [0.1, 0.15) is 24.1 Å². The molecule has 0 aliphatic rings. The average molecular weight is 473 g/mol. The quantitative estimate of drug-likeness (QED) is 0.252. The summed E-state index contributed by atoms with van der Waals surface area (Å²) in [6.07, 6.45) is 1.70. The number of aromatic nitrogens is 3. The van der Waals surface area contributed by atoms with E-state index in [4.69, 9.17) is 0 Å². The second-order valence-electron chi connectivity index (χ2n) is 7.71. The molecular weight excluding hydrogens is 447 g/mol. The molecule has 1 heterocycles. The number of hydrogen-bond donors (Lipinski definition) is 1. The fourth-order valence-corrected chi connectivity index (χ4v) is 4.50. The normalized spacial score (nSPS) is 11.9. The zero-order chi connectivity index (χ0) is 23.9. The van der Waals surface area contributed by atoms with Crippen LogP contribution in [-0.4, -0.2) is 25.9 Å². The zero-order valence-electron chi connectivity index (χ0n) is 18.8. The molecule has 0 radical (unpaired) electrons. The Morgan fingerprint density at radius 2 is 1.59 bits per heavy atom. The molecule has 0 aliphatic heterocycles. The van der Waals surface area contributed by atoms with E-state index in [9.17, 15) is 9.18 Å². The molecule has 0 aliphatic carbocycles. The van der Waals surface area contributed by atoms with Crippen LogP contribution in [0.4, 0.5) is 4.39 Å². The predicted molar refractivity (Wildman–Crippen MR) is 134 cm³/mol. The van der Waals surface area contributed by atoms with E-state index in [1.54, 1.807) is 28.8 Å². The van der Waals surface area contributed by atoms with Crippen molar-refractivity contribution in [2.45, 2.75) is 29.9 Å². The fourth-order valence-electron chi connectivity index (χ4n) is 3.63. The molecule has 3 aromatic carbocycles. The molecule has 34 heavy (non-hydrogen) atoms. The standard InChI is InChI=1S/C27H25FN4OS/c1-3-18-32-25(22-16-10-11-17-23(22)28)30-31-27(32)34-19(2)26(33)29-24(20-12-6-4-7-13-20)21-14-8-5-9-15-21/h3-17,19,24H,1,18H2,2H3,(H,29,33). The number of benzene rings is 3. The van der Waals surface area contributed by atoms with Gasteiger partial charge in [-0.15, -0.1) is 16.8 Å². The van der Waals surface area contributed by atoms with E-state index >= 15 is 0 Å². The summed E-state index contributed by atoms with van der Waals surface area (Å²) in [4.78, 5) is 13.2. The SMILES string of the molecule is C=CCn1c(SC(C)C(=O)NC(c2ccccc2)c2ccccc2)nnc1-c1ccccc1F. The van der Waals surface area contributed by atoms with Crippen LogP contribution in [0.2, 0.25) is 0 Å². The van der Waals surface area contributed by atoms with Gasteiger partial charge in [0, 0.05) is 6.54 Å². The van der Waals surface area contributed by atoms with E-state index in [-0.39, 0.29) is 17.8 Å². The summed E-state index contributed by atoms with van der Waals surface area (Å²) in [5.41, 5.74) is 2.35. The minimum absolute atomic E-state index is 0.136. The monoisotopic (exact) mass is 472 g/mol. The van der Waals surface area contributed by atoms with Crippen LogP contribution >= 0.6 is 11.8 Å². The zero-order valence-corrected chi connectivity index (χ0v) is 19.6. The van der Waals surface area contributed by atoms with Crippen molar-refractivity contribution in [3.63, 3.8) is 0 Å². The van der Waals surface area contributed by atoms with Crippen LogP contribution in [0.5, 0.6) is 0 Å². The minimum Gasteiger partial charge on any atom is -0.344 e. The summed E-state index contributed by atoms with van der Waals surface area (Å²) in [5.74, 6) is -0.112. The highest BCUT2D eigenvalue weighted by Gasteiger charge is 2.24. The van der Waals surface area contributed by atoms with Gasteiger partial charge in [-0.3, -0.25) is 9.36 Å². The second-order valence-corrected chi connectivity index (χ2v) is 9.02. The third-order valence-corrected chi connectivity index (χ3v) is 6.43. The van der Waals surface area contributed by atoms with E-state index in [1.165, 1.54) is 17.8 Å². The molecular formula is C27H25FN4OS. The lowest BCUT2D eigenvalue weighted by Crippen LogP contribution is -2.35. The first-order chi connectivity index (χ1) is 16.6. The van der Waals surface area contributed by atoms with Crippen molar-refractivity contribution in [3.05, 3.63) is 115 Å². The van der Waals surface area contributed by atoms with Crippen LogP contribution in [0.25, 0.3) is 11.4 Å². The highest BCUT2D eigenvalue weighted by atomic mass is 32.2. The highest BCUT2D eigenvalue weighted by molar-refractivity contribution is 8.00. The second kappa shape index (κ2) is 10.9. The first-order valence-corrected chi connectivity index (χ1v) is 11.8. The van der Waals surface area contributed by atoms with Crippen molar-refractivity contribution in [1.29, 1.82) is 0 Å². The van der Waals surface area contributed by atoms with Crippen molar-refractivity contribution in [1.82, 2.24) is 20.1 Å². The molecule has 0 fully saturated rings. The Morgan fingerprint density at radius 1 is 1.00 bits per heavy atom. The van der Waals surface area contributed by atoms with Gasteiger partial charge in [-0.25, -0.2) is 4.39 Å². The van der Waals surface area contributed by atoms with Gasteiger partial charge in [0.15, 0.2) is 11.0 Å². The lowest BCUT2D eigenvalue weighted by atomic mass is 9.98. The Bertz CT molecular complexity index is 1220. The van der Waals surface area contributed by atoms with Gasteiger partial charge in [0.2, 0.25) is 5.91 Å². The number of amides is 1. The lowest BCUT2D eigenvalue weighted by Gasteiger charge is -2.22. The summed E-state index contributed by atoms with van der Waals surface area (Å²) in [6, 6.07) is 25.9. The van der Waals surface area contributed by atoms with Gasteiger partial charge in [0.25, 0.3) is 0 Å². The molecule has 1 unspecified atom stereocenters. The third-order valence-electron chi connectivity index (χ3n) is 5.35. The minimum atomic E-state index is -0.462. The van der Waals surface area contributed by atoms with Crippen molar-refractivity contribution < 1.29 is 9.18 Å². The van der Waals surface area contributed by atoms with Gasteiger partial charge in [-0.2, -0.15) is 0 Å². The van der Waals surface area contributed by atoms with E-state index in [0.717, 1.165) is 11.1 Å². The van der Waals surface area contributed by atoms with E-state index in [1.807, 2.05) is 67.6 Å². The van der Waals surface area contributed by atoms with Gasteiger partial charge < -0.3 is 5.32 Å². The van der Waals surface area contributed by atoms with Gasteiger partial charge in [-0.1, -0.05) is 90.6 Å². The molecule has 0 bridgehead atoms. The van der Waals surface area contributed by atoms with Gasteiger partial charge in [-0.05, 0) is 30.2 Å². The molecule has 5 nitrogen and oxygen atoms in total. The van der Waals surface area contributed by atoms with E-state index in [0.29, 0.717) is 23.1 Å². The molecule has 7 heteroatoms. The van der Waals surface area contributed by atoms with Crippen molar-refractivity contribution in [2.24, 2.45) is 0 Å². The Hall–Kier alpha value is -3.71. The molecule has 172 valence electrons. The van der Waals surface area contributed by atoms with Gasteiger partial charge in [0.1, 0.15) is 5.82 Å². The number of allylic oxidation sites excluding steroid dienone is 1. The molecule has 0 saturated carbocycles. The number of nitrogens with zero attached hydrogens (tertiary/aromatic N) is 3. The maximum Gasteiger partial charge on any atom is 0.234 e. The lowest BCUT2D eigenvalue weighted by molar-refractivity contribution is -0.120. The first-order valence-electron chi connectivity index (χ1n) is 10.9. The van der Waals surface area contributed by atoms with Crippen molar-refractivity contribution >= 4 is 17.7 Å². The number of nitrogens with one attached hydrogen (secondary N) is 1. The number of carbonyl (C=O) groups excluding carboxylic acids is 1. The summed E-state index contributed by atoms with van der Waals surface area (Å²) >= 11 is 1.28. The summed E-state index contributed by atoms with van der Waals surface area (Å²) in [5, 5.41) is 11.7. The number of halogens is 1. The highest BCUT2D eigenvalue weighted by Crippen LogP contribution is 2.29. The molecule has 0 spiro atoms. The maximum atomic E-state index is 14.4. The van der Waals surface area contributed by atoms with E-state index in [2.05, 4.69) is 22.1 Å². The fraction of sp³-hybridized carbons (Fsp3) is 0.148. The third kappa shape index (κ3) is 5.26. The molecule has 0 saturated heterocycles. The molecule has 4 rings (SSSR count). The van der Waals surface area contributed by atoms with Crippen LogP contribution in [0.3, 0.4) is 0 Å². The number of rotatable bonds is 9. The summed E-state index contributed by atoms with van der Waals surface area (Å²) in [6.45, 7) is 6.01. The molecule has 1 amide bonds. The summed E-state index contributed by atoms with van der Waals surface area (Å²) < 4.78 is 16.2. The summed E-state index contributed by atoms with van der Waals surface area (Å²) in [7, 11) is 0. The van der Waals surface area contributed by atoms with Crippen molar-refractivity contribution in [3.8, 4) is 11.4 Å². The van der Waals surface area contributed by atoms with Gasteiger partial charge in [0.05, 0.1) is 16.9 Å². The smallest absolute Gasteiger partial charge is 0.234 e. The average Bonchev–Trinajstić information content (AvgIpc) is 3.25. The molecule has 1 aromatic heterocycles. The van der Waals surface area contributed by atoms with E-state index < -0.39 is 5.25 Å². The number of thioether (sulfide) groups is 1. The van der Waals surface area contributed by atoms with Crippen molar-refractivity contribution in [2.75, 3.05) is 0 Å².